The van der Waals surface area contributed by atoms with Gasteiger partial charge in [-0.05, 0) is 80.4 Å². The molecule has 0 aliphatic carbocycles. The molecule has 11 heteroatoms. The average molecular weight is 680 g/mol. The molecule has 2 atom stereocenters. The molecular weight excluding hydrogens is 641 g/mol. The third-order valence-corrected chi connectivity index (χ3v) is 9.73. The van der Waals surface area contributed by atoms with E-state index in [-0.39, 0.29) is 35.2 Å². The first-order chi connectivity index (χ1) is 22.5. The lowest BCUT2D eigenvalue weighted by Crippen LogP contribution is -2.54. The molecule has 47 heavy (non-hydrogen) atoms. The van der Waals surface area contributed by atoms with E-state index in [0.717, 1.165) is 9.87 Å². The summed E-state index contributed by atoms with van der Waals surface area (Å²) in [4.78, 5) is 29.6. The third kappa shape index (κ3) is 9.33. The number of halogens is 2. The number of hydrogen-bond acceptors (Lipinski definition) is 5. The van der Waals surface area contributed by atoms with Gasteiger partial charge in [0.15, 0.2) is 0 Å². The van der Waals surface area contributed by atoms with E-state index in [4.69, 9.17) is 16.3 Å². The van der Waals surface area contributed by atoms with Gasteiger partial charge >= 0.3 is 0 Å². The summed E-state index contributed by atoms with van der Waals surface area (Å²) < 4.78 is 49.9. The van der Waals surface area contributed by atoms with Gasteiger partial charge in [-0.3, -0.25) is 13.9 Å². The van der Waals surface area contributed by atoms with Crippen LogP contribution in [0.2, 0.25) is 5.02 Å². The van der Waals surface area contributed by atoms with Crippen LogP contribution in [0.3, 0.4) is 0 Å². The van der Waals surface area contributed by atoms with Crippen LogP contribution in [0.5, 0.6) is 5.75 Å². The monoisotopic (exact) mass is 679 g/mol. The van der Waals surface area contributed by atoms with Crippen molar-refractivity contribution in [3.8, 4) is 5.75 Å². The molecule has 0 saturated heterocycles. The van der Waals surface area contributed by atoms with Gasteiger partial charge in [-0.1, -0.05) is 67.1 Å². The summed E-state index contributed by atoms with van der Waals surface area (Å²) >= 11 is 6.05. The van der Waals surface area contributed by atoms with Crippen LogP contribution < -0.4 is 14.4 Å². The summed E-state index contributed by atoms with van der Waals surface area (Å²) in [6.07, 6.45) is 0.770. The Morgan fingerprint density at radius 1 is 0.894 bits per heavy atom. The van der Waals surface area contributed by atoms with Crippen molar-refractivity contribution in [2.75, 3.05) is 17.5 Å². The molecule has 0 spiro atoms. The van der Waals surface area contributed by atoms with Crippen LogP contribution in [0.25, 0.3) is 0 Å². The maximum atomic E-state index is 15.1. The van der Waals surface area contributed by atoms with Gasteiger partial charge in [0, 0.05) is 29.6 Å². The molecule has 0 radical (unpaired) electrons. The van der Waals surface area contributed by atoms with Gasteiger partial charge in [0.2, 0.25) is 11.8 Å². The van der Waals surface area contributed by atoms with E-state index < -0.39 is 40.2 Å². The fraction of sp³-hybridized carbons (Fsp3) is 0.278. The van der Waals surface area contributed by atoms with Crippen molar-refractivity contribution in [3.63, 3.8) is 0 Å². The highest BCUT2D eigenvalue weighted by Crippen LogP contribution is 2.28. The Kier molecular flexibility index (Phi) is 12.4. The van der Waals surface area contributed by atoms with Crippen molar-refractivity contribution in [2.45, 2.75) is 57.1 Å². The third-order valence-electron chi connectivity index (χ3n) is 7.69. The number of carbonyl (C=O) groups is 2. The minimum Gasteiger partial charge on any atom is -0.494 e. The smallest absolute Gasteiger partial charge is 0.264 e. The van der Waals surface area contributed by atoms with Crippen molar-refractivity contribution >= 4 is 39.1 Å². The first-order valence-electron chi connectivity index (χ1n) is 15.4. The van der Waals surface area contributed by atoms with Crippen LogP contribution >= 0.6 is 11.6 Å². The second kappa shape index (κ2) is 16.4. The molecule has 0 unspecified atom stereocenters. The van der Waals surface area contributed by atoms with Crippen LogP contribution in [0, 0.1) is 5.82 Å². The molecule has 0 heterocycles. The lowest BCUT2D eigenvalue weighted by Gasteiger charge is -2.34. The molecule has 4 aromatic carbocycles. The zero-order valence-electron chi connectivity index (χ0n) is 26.6. The Balaban J connectivity index is 1.81. The first-order valence-corrected chi connectivity index (χ1v) is 17.2. The number of amides is 2. The molecule has 2 amide bonds. The Morgan fingerprint density at radius 2 is 1.53 bits per heavy atom. The fourth-order valence-corrected chi connectivity index (χ4v) is 6.48. The number of carbonyl (C=O) groups excluding carboxylic acids is 2. The molecule has 0 saturated carbocycles. The number of sulfonamides is 1. The SMILES string of the molecule is CCOc1ccc(N(CC(=O)N(Cc2ccccc2F)[C@H](Cc2ccccc2)C(=O)N[C@H](C)CC)S(=O)(=O)c2ccc(Cl)cc2)cc1. The largest absolute Gasteiger partial charge is 0.494 e. The van der Waals surface area contributed by atoms with Gasteiger partial charge in [0.1, 0.15) is 24.2 Å². The van der Waals surface area contributed by atoms with Crippen molar-refractivity contribution in [1.29, 1.82) is 0 Å². The molecule has 1 N–H and O–H groups in total. The van der Waals surface area contributed by atoms with Crippen LogP contribution in [-0.2, 0) is 32.6 Å². The first kappa shape index (κ1) is 35.4. The lowest BCUT2D eigenvalue weighted by atomic mass is 10.0. The van der Waals surface area contributed by atoms with E-state index in [1.165, 1.54) is 47.4 Å². The highest BCUT2D eigenvalue weighted by atomic mass is 35.5. The molecular formula is C36H39ClFN3O5S. The van der Waals surface area contributed by atoms with Crippen LogP contribution in [-0.4, -0.2) is 50.4 Å². The van der Waals surface area contributed by atoms with E-state index in [1.807, 2.05) is 51.1 Å². The molecule has 4 aromatic rings. The number of ether oxygens (including phenoxy) is 1. The minimum absolute atomic E-state index is 0.0837. The lowest BCUT2D eigenvalue weighted by molar-refractivity contribution is -0.140. The van der Waals surface area contributed by atoms with E-state index >= 15 is 4.39 Å². The number of hydrogen-bond donors (Lipinski definition) is 1. The summed E-state index contributed by atoms with van der Waals surface area (Å²) in [5.74, 6) is -1.15. The number of anilines is 1. The quantitative estimate of drug-likeness (QED) is 0.152. The van der Waals surface area contributed by atoms with Crippen LogP contribution in [0.15, 0.2) is 108 Å². The molecule has 4 rings (SSSR count). The maximum Gasteiger partial charge on any atom is 0.264 e. The fourth-order valence-electron chi connectivity index (χ4n) is 4.94. The van der Waals surface area contributed by atoms with Gasteiger partial charge in [-0.2, -0.15) is 0 Å². The molecule has 0 aliphatic heterocycles. The Bertz CT molecular complexity index is 1740. The van der Waals surface area contributed by atoms with Crippen molar-refractivity contribution in [2.24, 2.45) is 0 Å². The summed E-state index contributed by atoms with van der Waals surface area (Å²) in [5.41, 5.74) is 1.16. The zero-order chi connectivity index (χ0) is 34.0. The standard InChI is InChI=1S/C36H39ClFN3O5S/c1-4-26(3)39-36(43)34(23-27-11-7-6-8-12-27)40(24-28-13-9-10-14-33(28)38)35(42)25-41(30-17-19-31(20-18-30)46-5-2)47(44,45)32-21-15-29(37)16-22-32/h6-22,26,34H,4-5,23-25H2,1-3H3,(H,39,43)/t26-,34-/m1/s1. The summed E-state index contributed by atoms with van der Waals surface area (Å²) in [6.45, 7) is 5.08. The van der Waals surface area contributed by atoms with E-state index in [1.54, 1.807) is 30.3 Å². The van der Waals surface area contributed by atoms with Crippen molar-refractivity contribution in [3.05, 3.63) is 125 Å². The number of nitrogens with zero attached hydrogens (tertiary/aromatic N) is 2. The number of rotatable bonds is 15. The molecule has 0 aromatic heterocycles. The highest BCUT2D eigenvalue weighted by Gasteiger charge is 2.35. The van der Waals surface area contributed by atoms with Crippen LogP contribution in [0.4, 0.5) is 10.1 Å². The molecule has 248 valence electrons. The highest BCUT2D eigenvalue weighted by molar-refractivity contribution is 7.92. The van der Waals surface area contributed by atoms with Gasteiger partial charge in [-0.25, -0.2) is 12.8 Å². The minimum atomic E-state index is -4.32. The second-order valence-corrected chi connectivity index (χ2v) is 13.3. The predicted molar refractivity (Wildman–Crippen MR) is 182 cm³/mol. The van der Waals surface area contributed by atoms with Gasteiger partial charge in [0.05, 0.1) is 17.2 Å². The Hall–Kier alpha value is -4.41. The normalized spacial score (nSPS) is 12.5. The Morgan fingerprint density at radius 3 is 2.15 bits per heavy atom. The van der Waals surface area contributed by atoms with Crippen LogP contribution in [0.1, 0.15) is 38.3 Å². The maximum absolute atomic E-state index is 15.1. The van der Waals surface area contributed by atoms with Gasteiger partial charge in [-0.15, -0.1) is 0 Å². The topological polar surface area (TPSA) is 96.0 Å². The van der Waals surface area contributed by atoms with Crippen molar-refractivity contribution in [1.82, 2.24) is 10.2 Å². The van der Waals surface area contributed by atoms with E-state index in [0.29, 0.717) is 23.8 Å². The van der Waals surface area contributed by atoms with E-state index in [2.05, 4.69) is 5.32 Å². The summed E-state index contributed by atoms with van der Waals surface area (Å²) in [5, 5.41) is 3.31. The number of nitrogens with one attached hydrogen (secondary N) is 1. The van der Waals surface area contributed by atoms with E-state index in [9.17, 15) is 18.0 Å². The summed E-state index contributed by atoms with van der Waals surface area (Å²) in [6, 6.07) is 25.8. The zero-order valence-corrected chi connectivity index (χ0v) is 28.2. The molecule has 0 aliphatic rings. The number of benzene rings is 4. The summed E-state index contributed by atoms with van der Waals surface area (Å²) in [7, 11) is -4.32. The van der Waals surface area contributed by atoms with Crippen molar-refractivity contribution < 1.29 is 27.1 Å². The van der Waals surface area contributed by atoms with Gasteiger partial charge in [0.25, 0.3) is 10.0 Å². The molecule has 0 fully saturated rings. The van der Waals surface area contributed by atoms with Gasteiger partial charge < -0.3 is 15.0 Å². The average Bonchev–Trinajstić information content (AvgIpc) is 3.07. The predicted octanol–water partition coefficient (Wildman–Crippen LogP) is 6.63. The molecule has 8 nitrogen and oxygen atoms in total. The second-order valence-electron chi connectivity index (χ2n) is 11.0. The molecule has 0 bridgehead atoms. The Labute approximate surface area is 281 Å².